The lowest BCUT2D eigenvalue weighted by Gasteiger charge is -2.02. The molecule has 0 atom stereocenters. The number of carbonyl (C=O) groups excluding carboxylic acids is 2. The van der Waals surface area contributed by atoms with Gasteiger partial charge in [0.05, 0.1) is 7.11 Å². The van der Waals surface area contributed by atoms with Crippen LogP contribution in [0.3, 0.4) is 0 Å². The summed E-state index contributed by atoms with van der Waals surface area (Å²) in [5.41, 5.74) is 0.422. The van der Waals surface area contributed by atoms with Crippen molar-refractivity contribution >= 4 is 11.6 Å². The molecule has 0 N–H and O–H groups in total. The number of ketones is 2. The van der Waals surface area contributed by atoms with Crippen molar-refractivity contribution in [3.05, 3.63) is 29.8 Å². The van der Waals surface area contributed by atoms with Crippen molar-refractivity contribution < 1.29 is 14.3 Å². The highest BCUT2D eigenvalue weighted by atomic mass is 16.5. The van der Waals surface area contributed by atoms with Gasteiger partial charge in [-0.1, -0.05) is 12.1 Å². The molecule has 0 saturated heterocycles. The van der Waals surface area contributed by atoms with Gasteiger partial charge >= 0.3 is 0 Å². The number of hydrogen-bond acceptors (Lipinski definition) is 3. The highest BCUT2D eigenvalue weighted by Gasteiger charge is 2.34. The molecule has 0 aliphatic heterocycles. The highest BCUT2D eigenvalue weighted by molar-refractivity contribution is 6.44. The van der Waals surface area contributed by atoms with E-state index in [0.717, 1.165) is 12.8 Å². The Morgan fingerprint density at radius 3 is 2.67 bits per heavy atom. The fraction of sp³-hybridized carbons (Fsp3) is 0.333. The van der Waals surface area contributed by atoms with Crippen molar-refractivity contribution in [2.75, 3.05) is 7.11 Å². The van der Waals surface area contributed by atoms with E-state index in [1.807, 2.05) is 0 Å². The van der Waals surface area contributed by atoms with Gasteiger partial charge in [-0.15, -0.1) is 0 Å². The van der Waals surface area contributed by atoms with Crippen LogP contribution in [0, 0.1) is 5.92 Å². The standard InChI is InChI=1S/C12H12O3/c1-15-10-4-2-3-9(7-10)12(14)11(13)8-5-6-8/h2-4,7-8H,5-6H2,1H3. The van der Waals surface area contributed by atoms with Crippen LogP contribution in [0.4, 0.5) is 0 Å². The molecule has 1 aliphatic carbocycles. The minimum absolute atomic E-state index is 0.0244. The topological polar surface area (TPSA) is 43.4 Å². The summed E-state index contributed by atoms with van der Waals surface area (Å²) in [6.07, 6.45) is 1.71. The van der Waals surface area contributed by atoms with Crippen molar-refractivity contribution in [1.82, 2.24) is 0 Å². The van der Waals surface area contributed by atoms with Crippen molar-refractivity contribution in [3.8, 4) is 5.75 Å². The fourth-order valence-corrected chi connectivity index (χ4v) is 1.44. The number of benzene rings is 1. The second kappa shape index (κ2) is 3.85. The van der Waals surface area contributed by atoms with E-state index >= 15 is 0 Å². The van der Waals surface area contributed by atoms with E-state index in [-0.39, 0.29) is 11.7 Å². The number of Topliss-reactive ketones (excluding diaryl/α,β-unsaturated/α-hetero) is 2. The maximum absolute atomic E-state index is 11.7. The molecule has 0 amide bonds. The molecule has 0 radical (unpaired) electrons. The normalized spacial score (nSPS) is 14.7. The Balaban J connectivity index is 2.20. The van der Waals surface area contributed by atoms with E-state index in [2.05, 4.69) is 0 Å². The number of carbonyl (C=O) groups is 2. The Labute approximate surface area is 88.1 Å². The Hall–Kier alpha value is -1.64. The zero-order chi connectivity index (χ0) is 10.8. The van der Waals surface area contributed by atoms with Gasteiger partial charge in [0.25, 0.3) is 0 Å². The molecule has 1 aliphatic rings. The lowest BCUT2D eigenvalue weighted by molar-refractivity contribution is -0.116. The smallest absolute Gasteiger partial charge is 0.228 e. The van der Waals surface area contributed by atoms with Crippen LogP contribution in [0.15, 0.2) is 24.3 Å². The third-order valence-corrected chi connectivity index (χ3v) is 2.50. The second-order valence-electron chi connectivity index (χ2n) is 3.70. The minimum Gasteiger partial charge on any atom is -0.497 e. The van der Waals surface area contributed by atoms with Crippen LogP contribution < -0.4 is 4.74 Å². The first-order chi connectivity index (χ1) is 7.22. The molecule has 0 unspecified atom stereocenters. The van der Waals surface area contributed by atoms with Crippen LogP contribution in [0.2, 0.25) is 0 Å². The Bertz CT molecular complexity index is 405. The molecule has 1 fully saturated rings. The molecular formula is C12H12O3. The molecule has 0 spiro atoms. The first kappa shape index (κ1) is 9.90. The summed E-state index contributed by atoms with van der Waals surface area (Å²) in [4.78, 5) is 23.2. The number of rotatable bonds is 4. The first-order valence-corrected chi connectivity index (χ1v) is 4.95. The summed E-state index contributed by atoms with van der Waals surface area (Å²) in [7, 11) is 1.53. The molecule has 3 heteroatoms. The van der Waals surface area contributed by atoms with E-state index in [4.69, 9.17) is 4.74 Å². The van der Waals surface area contributed by atoms with Gasteiger partial charge in [0.2, 0.25) is 11.6 Å². The van der Waals surface area contributed by atoms with Gasteiger partial charge in [0.15, 0.2) is 0 Å². The predicted octanol–water partition coefficient (Wildman–Crippen LogP) is 1.86. The zero-order valence-electron chi connectivity index (χ0n) is 8.53. The molecule has 0 aromatic heterocycles. The van der Waals surface area contributed by atoms with Gasteiger partial charge < -0.3 is 4.74 Å². The lowest BCUT2D eigenvalue weighted by atomic mass is 10.0. The molecule has 1 aromatic rings. The van der Waals surface area contributed by atoms with E-state index in [0.29, 0.717) is 11.3 Å². The van der Waals surface area contributed by atoms with Crippen molar-refractivity contribution in [1.29, 1.82) is 0 Å². The van der Waals surface area contributed by atoms with Crippen LogP contribution in [0.1, 0.15) is 23.2 Å². The van der Waals surface area contributed by atoms with E-state index in [1.54, 1.807) is 24.3 Å². The summed E-state index contributed by atoms with van der Waals surface area (Å²) in [5, 5.41) is 0. The molecule has 78 valence electrons. The third-order valence-electron chi connectivity index (χ3n) is 2.50. The van der Waals surface area contributed by atoms with Crippen molar-refractivity contribution in [2.24, 2.45) is 5.92 Å². The summed E-state index contributed by atoms with van der Waals surface area (Å²) in [5.74, 6) is -0.0761. The second-order valence-corrected chi connectivity index (χ2v) is 3.70. The maximum atomic E-state index is 11.7. The lowest BCUT2D eigenvalue weighted by Crippen LogP contribution is -2.15. The molecule has 1 saturated carbocycles. The molecule has 1 aromatic carbocycles. The van der Waals surface area contributed by atoms with Gasteiger partial charge in [-0.05, 0) is 25.0 Å². The molecule has 0 bridgehead atoms. The predicted molar refractivity (Wildman–Crippen MR) is 55.1 cm³/mol. The van der Waals surface area contributed by atoms with Gasteiger partial charge in [0, 0.05) is 11.5 Å². The van der Waals surface area contributed by atoms with E-state index in [1.165, 1.54) is 7.11 Å². The molecule has 0 heterocycles. The fourth-order valence-electron chi connectivity index (χ4n) is 1.44. The Kier molecular flexibility index (Phi) is 2.54. The minimum atomic E-state index is -0.392. The maximum Gasteiger partial charge on any atom is 0.228 e. The highest BCUT2D eigenvalue weighted by Crippen LogP contribution is 2.31. The largest absolute Gasteiger partial charge is 0.497 e. The van der Waals surface area contributed by atoms with Gasteiger partial charge in [-0.25, -0.2) is 0 Å². The number of ether oxygens (including phenoxy) is 1. The summed E-state index contributed by atoms with van der Waals surface area (Å²) < 4.78 is 5.00. The van der Waals surface area contributed by atoms with Crippen LogP contribution in [0.25, 0.3) is 0 Å². The van der Waals surface area contributed by atoms with Crippen LogP contribution in [-0.2, 0) is 4.79 Å². The molecule has 15 heavy (non-hydrogen) atoms. The third kappa shape index (κ3) is 2.06. The van der Waals surface area contributed by atoms with E-state index in [9.17, 15) is 9.59 Å². The SMILES string of the molecule is COc1cccc(C(=O)C(=O)C2CC2)c1. The van der Waals surface area contributed by atoms with Crippen molar-refractivity contribution in [2.45, 2.75) is 12.8 Å². The molecular weight excluding hydrogens is 192 g/mol. The summed E-state index contributed by atoms with van der Waals surface area (Å²) in [6, 6.07) is 6.71. The summed E-state index contributed by atoms with van der Waals surface area (Å²) >= 11 is 0. The molecule has 3 nitrogen and oxygen atoms in total. The quantitative estimate of drug-likeness (QED) is 0.555. The first-order valence-electron chi connectivity index (χ1n) is 4.95. The van der Waals surface area contributed by atoms with Gasteiger partial charge in [0.1, 0.15) is 5.75 Å². The number of methoxy groups -OCH3 is 1. The zero-order valence-corrected chi connectivity index (χ0v) is 8.53. The Morgan fingerprint density at radius 2 is 2.07 bits per heavy atom. The number of hydrogen-bond donors (Lipinski definition) is 0. The van der Waals surface area contributed by atoms with Gasteiger partial charge in [-0.3, -0.25) is 9.59 Å². The van der Waals surface area contributed by atoms with Crippen LogP contribution in [0.5, 0.6) is 5.75 Å². The van der Waals surface area contributed by atoms with Gasteiger partial charge in [-0.2, -0.15) is 0 Å². The van der Waals surface area contributed by atoms with Crippen LogP contribution >= 0.6 is 0 Å². The van der Waals surface area contributed by atoms with E-state index < -0.39 is 5.78 Å². The molecule has 2 rings (SSSR count). The average molecular weight is 204 g/mol. The van der Waals surface area contributed by atoms with Crippen LogP contribution in [-0.4, -0.2) is 18.7 Å². The monoisotopic (exact) mass is 204 g/mol. The summed E-state index contributed by atoms with van der Waals surface area (Å²) in [6.45, 7) is 0. The average Bonchev–Trinajstić information content (AvgIpc) is 3.11. The Morgan fingerprint density at radius 1 is 1.33 bits per heavy atom. The van der Waals surface area contributed by atoms with Crippen molar-refractivity contribution in [3.63, 3.8) is 0 Å².